The smallest absolute Gasteiger partial charge is 0.321 e. The van der Waals surface area contributed by atoms with E-state index in [0.717, 1.165) is 37.3 Å². The number of nitrogens with zero attached hydrogens (tertiary/aromatic N) is 2. The number of carbonyl (C=O) groups excluding carboxylic acids is 1. The van der Waals surface area contributed by atoms with E-state index in [2.05, 4.69) is 17.1 Å². The van der Waals surface area contributed by atoms with Gasteiger partial charge in [0.25, 0.3) is 0 Å². The minimum atomic E-state index is -0.0551. The van der Waals surface area contributed by atoms with Gasteiger partial charge < -0.3 is 20.9 Å². The van der Waals surface area contributed by atoms with Gasteiger partial charge in [-0.05, 0) is 45.1 Å². The van der Waals surface area contributed by atoms with Crippen LogP contribution in [-0.2, 0) is 0 Å². The van der Waals surface area contributed by atoms with Crippen LogP contribution in [0.1, 0.15) is 31.9 Å². The number of carbonyl (C=O) groups is 1. The summed E-state index contributed by atoms with van der Waals surface area (Å²) in [6, 6.07) is 7.61. The van der Waals surface area contributed by atoms with Gasteiger partial charge in [0, 0.05) is 31.4 Å². The molecule has 21 heavy (non-hydrogen) atoms. The van der Waals surface area contributed by atoms with E-state index in [0.29, 0.717) is 0 Å². The van der Waals surface area contributed by atoms with Crippen molar-refractivity contribution < 1.29 is 4.79 Å². The third kappa shape index (κ3) is 6.14. The van der Waals surface area contributed by atoms with Gasteiger partial charge in [0.2, 0.25) is 0 Å². The van der Waals surface area contributed by atoms with Gasteiger partial charge in [-0.3, -0.25) is 0 Å². The Morgan fingerprint density at radius 2 is 2.00 bits per heavy atom. The lowest BCUT2D eigenvalue weighted by Crippen LogP contribution is -2.39. The van der Waals surface area contributed by atoms with Crippen LogP contribution in [0.3, 0.4) is 0 Å². The van der Waals surface area contributed by atoms with Gasteiger partial charge in [-0.15, -0.1) is 0 Å². The first-order valence-electron chi connectivity index (χ1n) is 7.50. The second kappa shape index (κ2) is 8.64. The van der Waals surface area contributed by atoms with Crippen LogP contribution in [0.4, 0.5) is 10.5 Å². The molecule has 118 valence electrons. The Labute approximate surface area is 128 Å². The zero-order valence-corrected chi connectivity index (χ0v) is 13.6. The molecule has 3 N–H and O–H groups in total. The molecule has 1 atom stereocenters. The molecule has 0 fully saturated rings. The molecule has 2 amide bonds. The highest BCUT2D eigenvalue weighted by Crippen LogP contribution is 2.16. The summed E-state index contributed by atoms with van der Waals surface area (Å²) in [5, 5.41) is 2.96. The highest BCUT2D eigenvalue weighted by molar-refractivity contribution is 5.89. The first-order valence-corrected chi connectivity index (χ1v) is 7.50. The molecule has 0 bridgehead atoms. The van der Waals surface area contributed by atoms with E-state index in [1.807, 2.05) is 50.2 Å². The summed E-state index contributed by atoms with van der Waals surface area (Å²) in [7, 11) is 4.02. The van der Waals surface area contributed by atoms with Crippen LogP contribution in [0.15, 0.2) is 24.3 Å². The topological polar surface area (TPSA) is 61.6 Å². The first kappa shape index (κ1) is 17.5. The Hall–Kier alpha value is -1.59. The van der Waals surface area contributed by atoms with Gasteiger partial charge in [-0.25, -0.2) is 4.79 Å². The molecule has 0 aliphatic rings. The van der Waals surface area contributed by atoms with Crippen molar-refractivity contribution in [2.24, 2.45) is 5.73 Å². The van der Waals surface area contributed by atoms with Crippen molar-refractivity contribution in [1.29, 1.82) is 0 Å². The normalized spacial score (nSPS) is 12.3. The fourth-order valence-corrected chi connectivity index (χ4v) is 2.01. The molecule has 0 radical (unpaired) electrons. The average Bonchev–Trinajstić information content (AvgIpc) is 2.43. The molecule has 0 aliphatic carbocycles. The van der Waals surface area contributed by atoms with Crippen LogP contribution in [0.2, 0.25) is 0 Å². The number of nitrogens with two attached hydrogens (primary N) is 1. The summed E-state index contributed by atoms with van der Waals surface area (Å²) >= 11 is 0. The van der Waals surface area contributed by atoms with Crippen LogP contribution >= 0.6 is 0 Å². The Morgan fingerprint density at radius 3 is 2.57 bits per heavy atom. The number of rotatable bonds is 7. The third-order valence-electron chi connectivity index (χ3n) is 3.26. The molecule has 0 spiro atoms. The van der Waals surface area contributed by atoms with Crippen molar-refractivity contribution in [2.75, 3.05) is 39.0 Å². The standard InChI is InChI=1S/C16H28N4O/c1-5-9-20(11-10-19(3)4)16(21)18-15-8-6-7-14(12-15)13(2)17/h6-8,12-13H,5,9-11,17H2,1-4H3,(H,18,21). The van der Waals surface area contributed by atoms with Crippen LogP contribution in [-0.4, -0.2) is 49.6 Å². The monoisotopic (exact) mass is 292 g/mol. The number of benzene rings is 1. The highest BCUT2D eigenvalue weighted by Gasteiger charge is 2.13. The van der Waals surface area contributed by atoms with Gasteiger partial charge in [0.05, 0.1) is 0 Å². The maximum atomic E-state index is 12.4. The predicted octanol–water partition coefficient (Wildman–Crippen LogP) is 2.51. The van der Waals surface area contributed by atoms with E-state index >= 15 is 0 Å². The molecular formula is C16H28N4O. The van der Waals surface area contributed by atoms with Crippen LogP contribution in [0.25, 0.3) is 0 Å². The van der Waals surface area contributed by atoms with Crippen LogP contribution in [0.5, 0.6) is 0 Å². The van der Waals surface area contributed by atoms with E-state index in [9.17, 15) is 4.79 Å². The van der Waals surface area contributed by atoms with E-state index in [4.69, 9.17) is 5.73 Å². The Balaban J connectivity index is 2.69. The fourth-order valence-electron chi connectivity index (χ4n) is 2.01. The summed E-state index contributed by atoms with van der Waals surface area (Å²) in [6.45, 7) is 6.34. The molecule has 1 rings (SSSR count). The molecular weight excluding hydrogens is 264 g/mol. The third-order valence-corrected chi connectivity index (χ3v) is 3.26. The summed E-state index contributed by atoms with van der Waals surface area (Å²) in [4.78, 5) is 16.3. The minimum absolute atomic E-state index is 0.0395. The van der Waals surface area contributed by atoms with E-state index in [1.165, 1.54) is 0 Å². The second-order valence-corrected chi connectivity index (χ2v) is 5.63. The minimum Gasteiger partial charge on any atom is -0.324 e. The van der Waals surface area contributed by atoms with Crippen LogP contribution < -0.4 is 11.1 Å². The number of urea groups is 1. The van der Waals surface area contributed by atoms with E-state index in [-0.39, 0.29) is 12.1 Å². The van der Waals surface area contributed by atoms with Crippen molar-refractivity contribution in [3.8, 4) is 0 Å². The molecule has 5 heteroatoms. The molecule has 1 unspecified atom stereocenters. The number of nitrogens with one attached hydrogen (secondary N) is 1. The summed E-state index contributed by atoms with van der Waals surface area (Å²) in [6.07, 6.45) is 0.945. The molecule has 0 aliphatic heterocycles. The molecule has 0 saturated heterocycles. The maximum Gasteiger partial charge on any atom is 0.321 e. The molecule has 0 aromatic heterocycles. The summed E-state index contributed by atoms with van der Waals surface area (Å²) in [5.74, 6) is 0. The molecule has 5 nitrogen and oxygen atoms in total. The number of likely N-dealkylation sites (N-methyl/N-ethyl adjacent to an activating group) is 1. The lowest BCUT2D eigenvalue weighted by atomic mass is 10.1. The number of hydrogen-bond acceptors (Lipinski definition) is 3. The number of anilines is 1. The van der Waals surface area contributed by atoms with Crippen molar-refractivity contribution in [2.45, 2.75) is 26.3 Å². The molecule has 1 aromatic carbocycles. The SMILES string of the molecule is CCCN(CCN(C)C)C(=O)Nc1cccc(C(C)N)c1. The van der Waals surface area contributed by atoms with Crippen molar-refractivity contribution >= 4 is 11.7 Å². The van der Waals surface area contributed by atoms with Crippen molar-refractivity contribution in [1.82, 2.24) is 9.80 Å². The lowest BCUT2D eigenvalue weighted by Gasteiger charge is -2.24. The zero-order valence-electron chi connectivity index (χ0n) is 13.6. The van der Waals surface area contributed by atoms with E-state index in [1.54, 1.807) is 0 Å². The van der Waals surface area contributed by atoms with Gasteiger partial charge in [-0.1, -0.05) is 19.1 Å². The van der Waals surface area contributed by atoms with Gasteiger partial charge in [0.15, 0.2) is 0 Å². The lowest BCUT2D eigenvalue weighted by molar-refractivity contribution is 0.205. The average molecular weight is 292 g/mol. The second-order valence-electron chi connectivity index (χ2n) is 5.63. The number of hydrogen-bond donors (Lipinski definition) is 2. The summed E-state index contributed by atoms with van der Waals surface area (Å²) in [5.41, 5.74) is 7.68. The van der Waals surface area contributed by atoms with Crippen molar-refractivity contribution in [3.05, 3.63) is 29.8 Å². The molecule has 0 saturated carbocycles. The van der Waals surface area contributed by atoms with Gasteiger partial charge in [0.1, 0.15) is 0 Å². The van der Waals surface area contributed by atoms with Gasteiger partial charge in [-0.2, -0.15) is 0 Å². The number of amides is 2. The Morgan fingerprint density at radius 1 is 1.29 bits per heavy atom. The quantitative estimate of drug-likeness (QED) is 0.811. The molecule has 1 aromatic rings. The largest absolute Gasteiger partial charge is 0.324 e. The van der Waals surface area contributed by atoms with Crippen molar-refractivity contribution in [3.63, 3.8) is 0 Å². The maximum absolute atomic E-state index is 12.4. The Bertz CT molecular complexity index is 446. The zero-order chi connectivity index (χ0) is 15.8. The van der Waals surface area contributed by atoms with Gasteiger partial charge >= 0.3 is 6.03 Å². The summed E-state index contributed by atoms with van der Waals surface area (Å²) < 4.78 is 0. The first-order chi connectivity index (χ1) is 9.93. The predicted molar refractivity (Wildman–Crippen MR) is 88.5 cm³/mol. The molecule has 0 heterocycles. The van der Waals surface area contributed by atoms with E-state index < -0.39 is 0 Å². The Kier molecular flexibility index (Phi) is 7.19. The highest BCUT2D eigenvalue weighted by atomic mass is 16.2. The van der Waals surface area contributed by atoms with Crippen LogP contribution in [0, 0.1) is 0 Å². The fraction of sp³-hybridized carbons (Fsp3) is 0.562.